The quantitative estimate of drug-likeness (QED) is 0.761. The van der Waals surface area contributed by atoms with Crippen LogP contribution in [0.15, 0.2) is 16.7 Å². The van der Waals surface area contributed by atoms with Gasteiger partial charge in [-0.05, 0) is 34.0 Å². The van der Waals surface area contributed by atoms with Gasteiger partial charge in [0, 0.05) is 6.54 Å². The van der Waals surface area contributed by atoms with Crippen molar-refractivity contribution < 1.29 is 13.9 Å². The number of ether oxygens (including phenoxy) is 1. The summed E-state index contributed by atoms with van der Waals surface area (Å²) in [7, 11) is 5.50. The number of methoxy groups -OCH3 is 1. The largest absolute Gasteiger partial charge is 0.493 e. The van der Waals surface area contributed by atoms with Crippen molar-refractivity contribution >= 4 is 5.78 Å². The van der Waals surface area contributed by atoms with Gasteiger partial charge in [-0.3, -0.25) is 9.48 Å². The van der Waals surface area contributed by atoms with Crippen LogP contribution in [0, 0.1) is 13.8 Å². The number of aromatic nitrogens is 2. The molecule has 6 nitrogen and oxygen atoms in total. The van der Waals surface area contributed by atoms with E-state index in [2.05, 4.69) is 5.10 Å². The van der Waals surface area contributed by atoms with E-state index in [9.17, 15) is 4.79 Å². The number of carbonyl (C=O) groups excluding carboxylic acids is 1. The number of aryl methyl sites for hydroxylation is 2. The van der Waals surface area contributed by atoms with E-state index in [1.165, 1.54) is 7.11 Å². The minimum absolute atomic E-state index is 0.127. The van der Waals surface area contributed by atoms with Crippen LogP contribution >= 0.6 is 0 Å². The van der Waals surface area contributed by atoms with Gasteiger partial charge in [0.2, 0.25) is 5.78 Å². The number of ketones is 1. The monoisotopic (exact) mass is 291 g/mol. The van der Waals surface area contributed by atoms with Crippen molar-refractivity contribution in [2.75, 3.05) is 27.7 Å². The van der Waals surface area contributed by atoms with Crippen molar-refractivity contribution in [3.05, 3.63) is 35.0 Å². The third kappa shape index (κ3) is 3.16. The lowest BCUT2D eigenvalue weighted by molar-refractivity contribution is 0.102. The van der Waals surface area contributed by atoms with E-state index in [1.54, 1.807) is 23.9 Å². The lowest BCUT2D eigenvalue weighted by atomic mass is 10.1. The summed E-state index contributed by atoms with van der Waals surface area (Å²) in [5.74, 6) is 1.68. The zero-order valence-electron chi connectivity index (χ0n) is 13.1. The van der Waals surface area contributed by atoms with E-state index < -0.39 is 0 Å². The van der Waals surface area contributed by atoms with Crippen molar-refractivity contribution in [2.24, 2.45) is 0 Å². The normalized spacial score (nSPS) is 11.1. The fourth-order valence-electron chi connectivity index (χ4n) is 2.19. The SMILES string of the molecule is COc1cnn(CCN(C)C)c1C(=O)c1cc(C)oc1C. The summed E-state index contributed by atoms with van der Waals surface area (Å²) in [6.45, 7) is 5.01. The summed E-state index contributed by atoms with van der Waals surface area (Å²) in [4.78, 5) is 14.8. The lowest BCUT2D eigenvalue weighted by Crippen LogP contribution is -2.22. The molecule has 2 aromatic heterocycles. The lowest BCUT2D eigenvalue weighted by Gasteiger charge is -2.12. The molecule has 2 aromatic rings. The number of hydrogen-bond acceptors (Lipinski definition) is 5. The van der Waals surface area contributed by atoms with Crippen LogP contribution in [-0.2, 0) is 6.54 Å². The van der Waals surface area contributed by atoms with Crippen LogP contribution in [0.4, 0.5) is 0 Å². The number of carbonyl (C=O) groups is 1. The smallest absolute Gasteiger partial charge is 0.218 e. The maximum absolute atomic E-state index is 12.8. The summed E-state index contributed by atoms with van der Waals surface area (Å²) < 4.78 is 12.4. The maximum atomic E-state index is 12.8. The van der Waals surface area contributed by atoms with Crippen LogP contribution in [0.1, 0.15) is 27.6 Å². The van der Waals surface area contributed by atoms with Crippen LogP contribution in [0.5, 0.6) is 5.75 Å². The molecule has 0 aliphatic rings. The number of likely N-dealkylation sites (N-methyl/N-ethyl adjacent to an activating group) is 1. The molecule has 0 atom stereocenters. The third-order valence-corrected chi connectivity index (χ3v) is 3.29. The minimum atomic E-state index is -0.127. The molecule has 0 saturated heterocycles. The molecule has 2 rings (SSSR count). The molecule has 0 spiro atoms. The average Bonchev–Trinajstić information content (AvgIpc) is 2.98. The average molecular weight is 291 g/mol. The fourth-order valence-corrected chi connectivity index (χ4v) is 2.19. The number of furan rings is 1. The first kappa shape index (κ1) is 15.3. The highest BCUT2D eigenvalue weighted by atomic mass is 16.5. The van der Waals surface area contributed by atoms with Crippen molar-refractivity contribution in [1.82, 2.24) is 14.7 Å². The molecule has 0 N–H and O–H groups in total. The van der Waals surface area contributed by atoms with Crippen molar-refractivity contribution in [1.29, 1.82) is 0 Å². The van der Waals surface area contributed by atoms with Crippen LogP contribution in [-0.4, -0.2) is 48.2 Å². The molecular weight excluding hydrogens is 270 g/mol. The Morgan fingerprint density at radius 3 is 2.67 bits per heavy atom. The zero-order chi connectivity index (χ0) is 15.6. The third-order valence-electron chi connectivity index (χ3n) is 3.29. The van der Waals surface area contributed by atoms with Crippen molar-refractivity contribution in [3.63, 3.8) is 0 Å². The van der Waals surface area contributed by atoms with Gasteiger partial charge in [-0.1, -0.05) is 0 Å². The van der Waals surface area contributed by atoms with E-state index in [0.717, 1.165) is 6.54 Å². The minimum Gasteiger partial charge on any atom is -0.493 e. The second kappa shape index (κ2) is 6.13. The molecule has 0 bridgehead atoms. The van der Waals surface area contributed by atoms with Crippen molar-refractivity contribution in [3.8, 4) is 5.75 Å². The van der Waals surface area contributed by atoms with E-state index >= 15 is 0 Å². The Morgan fingerprint density at radius 1 is 1.43 bits per heavy atom. The van der Waals surface area contributed by atoms with Crippen molar-refractivity contribution in [2.45, 2.75) is 20.4 Å². The highest BCUT2D eigenvalue weighted by molar-refractivity contribution is 6.10. The van der Waals surface area contributed by atoms with Gasteiger partial charge in [-0.2, -0.15) is 5.10 Å². The van der Waals surface area contributed by atoms with Gasteiger partial charge in [0.05, 0.1) is 25.4 Å². The van der Waals surface area contributed by atoms with Gasteiger partial charge in [0.1, 0.15) is 11.5 Å². The predicted molar refractivity (Wildman–Crippen MR) is 78.9 cm³/mol. The molecule has 2 heterocycles. The van der Waals surface area contributed by atoms with E-state index in [0.29, 0.717) is 35.1 Å². The number of rotatable bonds is 6. The van der Waals surface area contributed by atoms with E-state index in [1.807, 2.05) is 25.9 Å². The standard InChI is InChI=1S/C15H21N3O3/c1-10-8-12(11(2)21-10)15(19)14-13(20-5)9-16-18(14)7-6-17(3)4/h8-9H,6-7H2,1-5H3. The summed E-state index contributed by atoms with van der Waals surface area (Å²) in [6, 6.07) is 1.75. The molecule has 0 unspecified atom stereocenters. The second-order valence-corrected chi connectivity index (χ2v) is 5.24. The van der Waals surface area contributed by atoms with Crippen LogP contribution in [0.3, 0.4) is 0 Å². The molecule has 0 amide bonds. The molecule has 0 fully saturated rings. The molecule has 0 aromatic carbocycles. The Labute approximate surface area is 124 Å². The second-order valence-electron chi connectivity index (χ2n) is 5.24. The Morgan fingerprint density at radius 2 is 2.14 bits per heavy atom. The van der Waals surface area contributed by atoms with Gasteiger partial charge in [-0.25, -0.2) is 0 Å². The zero-order valence-corrected chi connectivity index (χ0v) is 13.1. The highest BCUT2D eigenvalue weighted by Crippen LogP contribution is 2.24. The fraction of sp³-hybridized carbons (Fsp3) is 0.467. The molecule has 0 saturated carbocycles. The van der Waals surface area contributed by atoms with Gasteiger partial charge in [-0.15, -0.1) is 0 Å². The Bertz CT molecular complexity index is 641. The first-order valence-corrected chi connectivity index (χ1v) is 6.80. The predicted octanol–water partition coefficient (Wildman–Crippen LogP) is 1.89. The number of hydrogen-bond donors (Lipinski definition) is 0. The molecule has 21 heavy (non-hydrogen) atoms. The first-order valence-electron chi connectivity index (χ1n) is 6.80. The molecule has 6 heteroatoms. The highest BCUT2D eigenvalue weighted by Gasteiger charge is 2.24. The first-order chi connectivity index (χ1) is 9.93. The van der Waals surface area contributed by atoms with Crippen LogP contribution < -0.4 is 4.74 Å². The van der Waals surface area contributed by atoms with Gasteiger partial charge in [0.25, 0.3) is 0 Å². The molecule has 0 aliphatic carbocycles. The van der Waals surface area contributed by atoms with Gasteiger partial charge in [0.15, 0.2) is 11.4 Å². The summed E-state index contributed by atoms with van der Waals surface area (Å²) in [5, 5.41) is 4.26. The summed E-state index contributed by atoms with van der Waals surface area (Å²) in [5.41, 5.74) is 1.01. The van der Waals surface area contributed by atoms with E-state index in [-0.39, 0.29) is 5.78 Å². The molecule has 0 radical (unpaired) electrons. The summed E-state index contributed by atoms with van der Waals surface area (Å²) >= 11 is 0. The molecule has 0 aliphatic heterocycles. The topological polar surface area (TPSA) is 60.5 Å². The van der Waals surface area contributed by atoms with Gasteiger partial charge >= 0.3 is 0 Å². The number of nitrogens with zero attached hydrogens (tertiary/aromatic N) is 3. The Balaban J connectivity index is 2.39. The van der Waals surface area contributed by atoms with E-state index in [4.69, 9.17) is 9.15 Å². The molecule has 114 valence electrons. The Kier molecular flexibility index (Phi) is 4.47. The maximum Gasteiger partial charge on any atom is 0.218 e. The van der Waals surface area contributed by atoms with Crippen LogP contribution in [0.25, 0.3) is 0 Å². The summed E-state index contributed by atoms with van der Waals surface area (Å²) in [6.07, 6.45) is 1.57. The molecular formula is C15H21N3O3. The van der Waals surface area contributed by atoms with Crippen LogP contribution in [0.2, 0.25) is 0 Å². The van der Waals surface area contributed by atoms with Gasteiger partial charge < -0.3 is 14.1 Å². The Hall–Kier alpha value is -2.08.